The van der Waals surface area contributed by atoms with E-state index < -0.39 is 15.8 Å². The first-order chi connectivity index (χ1) is 9.79. The monoisotopic (exact) mass is 312 g/mol. The van der Waals surface area contributed by atoms with E-state index in [0.717, 1.165) is 0 Å². The molecule has 0 radical (unpaired) electrons. The summed E-state index contributed by atoms with van der Waals surface area (Å²) in [4.78, 5) is 4.15. The van der Waals surface area contributed by atoms with Gasteiger partial charge in [-0.15, -0.1) is 0 Å². The lowest BCUT2D eigenvalue weighted by Gasteiger charge is -2.11. The number of benzene rings is 1. The van der Waals surface area contributed by atoms with Gasteiger partial charge in [0, 0.05) is 20.0 Å². The van der Waals surface area contributed by atoms with E-state index in [2.05, 4.69) is 14.8 Å². The van der Waals surface area contributed by atoms with Crippen molar-refractivity contribution in [2.75, 3.05) is 6.54 Å². The Hall–Kier alpha value is -1.80. The van der Waals surface area contributed by atoms with E-state index >= 15 is 0 Å². The van der Waals surface area contributed by atoms with Gasteiger partial charge < -0.3 is 0 Å². The molecule has 114 valence electrons. The van der Waals surface area contributed by atoms with Crippen LogP contribution >= 0.6 is 0 Å². The van der Waals surface area contributed by atoms with Crippen LogP contribution in [-0.4, -0.2) is 29.7 Å². The van der Waals surface area contributed by atoms with Crippen LogP contribution in [-0.2, 0) is 23.5 Å². The summed E-state index contributed by atoms with van der Waals surface area (Å²) in [5.41, 5.74) is 0.770. The molecule has 1 aromatic heterocycles. The van der Waals surface area contributed by atoms with Gasteiger partial charge in [0.05, 0.1) is 4.90 Å². The van der Waals surface area contributed by atoms with E-state index in [4.69, 9.17) is 0 Å². The summed E-state index contributed by atoms with van der Waals surface area (Å²) in [7, 11) is -1.94. The predicted octanol–water partition coefficient (Wildman–Crippen LogP) is 1.09. The molecule has 0 atom stereocenters. The first kappa shape index (κ1) is 15.6. The van der Waals surface area contributed by atoms with E-state index in [0.29, 0.717) is 23.4 Å². The highest BCUT2D eigenvalue weighted by molar-refractivity contribution is 7.89. The van der Waals surface area contributed by atoms with Crippen molar-refractivity contribution in [2.45, 2.75) is 25.2 Å². The number of aromatic nitrogens is 3. The molecule has 0 saturated carbocycles. The van der Waals surface area contributed by atoms with Gasteiger partial charge in [0.2, 0.25) is 10.0 Å². The average molecular weight is 312 g/mol. The summed E-state index contributed by atoms with van der Waals surface area (Å²) < 4.78 is 41.9. The van der Waals surface area contributed by atoms with Crippen molar-refractivity contribution in [2.24, 2.45) is 7.05 Å². The summed E-state index contributed by atoms with van der Waals surface area (Å²) in [5, 5.41) is 4.07. The number of hydrogen-bond acceptors (Lipinski definition) is 4. The van der Waals surface area contributed by atoms with Gasteiger partial charge in [-0.2, -0.15) is 5.10 Å². The van der Waals surface area contributed by atoms with E-state index in [1.54, 1.807) is 31.9 Å². The van der Waals surface area contributed by atoms with Crippen LogP contribution in [0.25, 0.3) is 0 Å². The van der Waals surface area contributed by atoms with Crippen molar-refractivity contribution in [3.63, 3.8) is 0 Å². The van der Waals surface area contributed by atoms with Crippen molar-refractivity contribution >= 4 is 10.0 Å². The average Bonchev–Trinajstić information content (AvgIpc) is 2.72. The van der Waals surface area contributed by atoms with Crippen molar-refractivity contribution in [1.82, 2.24) is 19.5 Å². The number of rotatable bonds is 5. The van der Waals surface area contributed by atoms with E-state index in [-0.39, 0.29) is 11.4 Å². The zero-order valence-corrected chi connectivity index (χ0v) is 12.9. The van der Waals surface area contributed by atoms with Crippen molar-refractivity contribution < 1.29 is 12.8 Å². The van der Waals surface area contributed by atoms with Crippen LogP contribution in [0, 0.1) is 19.7 Å². The second-order valence-electron chi connectivity index (χ2n) is 4.85. The molecule has 1 N–H and O–H groups in total. The zero-order chi connectivity index (χ0) is 15.6. The van der Waals surface area contributed by atoms with Gasteiger partial charge in [-0.25, -0.2) is 22.5 Å². The van der Waals surface area contributed by atoms with Crippen LogP contribution in [0.1, 0.15) is 17.0 Å². The van der Waals surface area contributed by atoms with Crippen LogP contribution in [0.4, 0.5) is 4.39 Å². The Kier molecular flexibility index (Phi) is 4.38. The Morgan fingerprint density at radius 1 is 1.29 bits per heavy atom. The molecule has 0 aliphatic carbocycles. The maximum atomic E-state index is 13.2. The highest BCUT2D eigenvalue weighted by Crippen LogP contribution is 2.21. The Bertz CT molecular complexity index is 732. The van der Waals surface area contributed by atoms with Crippen LogP contribution < -0.4 is 4.72 Å². The minimum atomic E-state index is -3.68. The Morgan fingerprint density at radius 3 is 2.43 bits per heavy atom. The molecule has 0 bridgehead atoms. The van der Waals surface area contributed by atoms with Crippen molar-refractivity contribution in [1.29, 1.82) is 0 Å². The lowest BCUT2D eigenvalue weighted by atomic mass is 10.1. The molecule has 21 heavy (non-hydrogen) atoms. The van der Waals surface area contributed by atoms with Crippen LogP contribution in [0.3, 0.4) is 0 Å². The molecule has 0 aliphatic heterocycles. The largest absolute Gasteiger partial charge is 0.256 e. The summed E-state index contributed by atoms with van der Waals surface area (Å²) in [6, 6.07) is 2.42. The molecule has 0 unspecified atom stereocenters. The van der Waals surface area contributed by atoms with Gasteiger partial charge in [0.15, 0.2) is 5.82 Å². The maximum absolute atomic E-state index is 13.2. The minimum absolute atomic E-state index is 0.123. The maximum Gasteiger partial charge on any atom is 0.241 e. The van der Waals surface area contributed by atoms with Gasteiger partial charge in [-0.05, 0) is 37.1 Å². The van der Waals surface area contributed by atoms with Gasteiger partial charge >= 0.3 is 0 Å². The number of nitrogens with one attached hydrogen (secondary N) is 1. The third-order valence-electron chi connectivity index (χ3n) is 2.98. The SMILES string of the molecule is Cc1cc(F)cc(C)c1S(=O)(=O)NCCc1ncn(C)n1. The van der Waals surface area contributed by atoms with Crippen LogP contribution in [0.5, 0.6) is 0 Å². The molecule has 6 nitrogen and oxygen atoms in total. The molecular formula is C13H17FN4O2S. The molecule has 1 aromatic carbocycles. The molecule has 2 rings (SSSR count). The van der Waals surface area contributed by atoms with Crippen LogP contribution in [0.2, 0.25) is 0 Å². The van der Waals surface area contributed by atoms with E-state index in [1.807, 2.05) is 0 Å². The summed E-state index contributed by atoms with van der Waals surface area (Å²) >= 11 is 0. The number of hydrogen-bond donors (Lipinski definition) is 1. The molecule has 8 heteroatoms. The lowest BCUT2D eigenvalue weighted by Crippen LogP contribution is -2.27. The fourth-order valence-corrected chi connectivity index (χ4v) is 3.67. The molecule has 0 saturated heterocycles. The number of halogens is 1. The van der Waals surface area contributed by atoms with E-state index in [9.17, 15) is 12.8 Å². The van der Waals surface area contributed by atoms with Gasteiger partial charge in [-0.1, -0.05) is 0 Å². The van der Waals surface area contributed by atoms with Gasteiger partial charge in [0.1, 0.15) is 12.1 Å². The molecular weight excluding hydrogens is 295 g/mol. The number of nitrogens with zero attached hydrogens (tertiary/aromatic N) is 3. The fourth-order valence-electron chi connectivity index (χ4n) is 2.19. The molecule has 0 amide bonds. The normalized spacial score (nSPS) is 11.8. The second-order valence-corrected chi connectivity index (χ2v) is 6.55. The highest BCUT2D eigenvalue weighted by Gasteiger charge is 2.20. The fraction of sp³-hybridized carbons (Fsp3) is 0.385. The summed E-state index contributed by atoms with van der Waals surface area (Å²) in [6.07, 6.45) is 1.94. The topological polar surface area (TPSA) is 76.9 Å². The Labute approximate surface area is 123 Å². The van der Waals surface area contributed by atoms with Crippen LogP contribution in [0.15, 0.2) is 23.4 Å². The third kappa shape index (κ3) is 3.64. The molecule has 0 aliphatic rings. The van der Waals surface area contributed by atoms with Crippen molar-refractivity contribution in [3.05, 3.63) is 41.2 Å². The summed E-state index contributed by atoms with van der Waals surface area (Å²) in [6.45, 7) is 3.33. The zero-order valence-electron chi connectivity index (χ0n) is 12.1. The van der Waals surface area contributed by atoms with Crippen molar-refractivity contribution in [3.8, 4) is 0 Å². The molecule has 0 spiro atoms. The van der Waals surface area contributed by atoms with E-state index in [1.165, 1.54) is 12.1 Å². The molecule has 0 fully saturated rings. The number of sulfonamides is 1. The Morgan fingerprint density at radius 2 is 1.90 bits per heavy atom. The molecule has 1 heterocycles. The smallest absolute Gasteiger partial charge is 0.241 e. The quantitative estimate of drug-likeness (QED) is 0.896. The second kappa shape index (κ2) is 5.90. The lowest BCUT2D eigenvalue weighted by molar-refractivity contribution is 0.578. The minimum Gasteiger partial charge on any atom is -0.256 e. The third-order valence-corrected chi connectivity index (χ3v) is 4.75. The van der Waals surface area contributed by atoms with Gasteiger partial charge in [-0.3, -0.25) is 4.68 Å². The first-order valence-corrected chi connectivity index (χ1v) is 7.89. The first-order valence-electron chi connectivity index (χ1n) is 6.40. The highest BCUT2D eigenvalue weighted by atomic mass is 32.2. The Balaban J connectivity index is 2.12. The standard InChI is InChI=1S/C13H17FN4O2S/c1-9-6-11(14)7-10(2)13(9)21(19,20)16-5-4-12-15-8-18(3)17-12/h6-8,16H,4-5H2,1-3H3. The number of aryl methyl sites for hydroxylation is 3. The molecule has 2 aromatic rings. The van der Waals surface area contributed by atoms with Gasteiger partial charge in [0.25, 0.3) is 0 Å². The summed E-state index contributed by atoms with van der Waals surface area (Å²) in [5.74, 6) is 0.120. The predicted molar refractivity (Wildman–Crippen MR) is 75.8 cm³/mol.